The summed E-state index contributed by atoms with van der Waals surface area (Å²) >= 11 is 0. The average molecular weight is 411 g/mol. The number of aliphatic imine (C=N–C) groups is 1. The first-order valence-electron chi connectivity index (χ1n) is 9.35. The van der Waals surface area contributed by atoms with E-state index in [2.05, 4.69) is 9.98 Å². The summed E-state index contributed by atoms with van der Waals surface area (Å²) in [5, 5.41) is 11.8. The molecule has 30 heavy (non-hydrogen) atoms. The van der Waals surface area contributed by atoms with Crippen molar-refractivity contribution in [3.63, 3.8) is 0 Å². The Morgan fingerprint density at radius 2 is 1.87 bits per heavy atom. The molecule has 0 saturated carbocycles. The lowest BCUT2D eigenvalue weighted by atomic mass is 9.98. The van der Waals surface area contributed by atoms with Crippen molar-refractivity contribution in [1.82, 2.24) is 14.5 Å². The summed E-state index contributed by atoms with van der Waals surface area (Å²) in [5.41, 5.74) is 0.829. The number of nitro benzene ring substituents is 1. The van der Waals surface area contributed by atoms with Crippen LogP contribution in [-0.2, 0) is 13.0 Å². The molecule has 0 spiro atoms. The number of aromatic nitrogens is 2. The first kappa shape index (κ1) is 19.8. The fourth-order valence-corrected chi connectivity index (χ4v) is 3.61. The third-order valence-electron chi connectivity index (χ3n) is 4.99. The van der Waals surface area contributed by atoms with E-state index < -0.39 is 16.6 Å². The predicted octanol–water partition coefficient (Wildman–Crippen LogP) is 3.51. The van der Waals surface area contributed by atoms with Crippen LogP contribution in [-0.4, -0.2) is 45.7 Å². The third kappa shape index (κ3) is 3.37. The number of imidazole rings is 1. The van der Waals surface area contributed by atoms with Crippen molar-refractivity contribution in [3.8, 4) is 5.69 Å². The highest BCUT2D eigenvalue weighted by Crippen LogP contribution is 2.34. The molecule has 0 aliphatic carbocycles. The molecule has 9 heteroatoms. The maximum atomic E-state index is 14.6. The molecule has 0 fully saturated rings. The largest absolute Gasteiger partial charge is 0.309 e. The maximum absolute atomic E-state index is 14.6. The Morgan fingerprint density at radius 1 is 1.17 bits per heavy atom. The van der Waals surface area contributed by atoms with Crippen molar-refractivity contribution in [1.29, 1.82) is 0 Å². The molecule has 1 aliphatic rings. The van der Waals surface area contributed by atoms with Gasteiger partial charge >= 0.3 is 0 Å². The molecule has 0 saturated heterocycles. The number of rotatable bonds is 5. The highest BCUT2D eigenvalue weighted by molar-refractivity contribution is 6.16. The quantitative estimate of drug-likeness (QED) is 0.476. The summed E-state index contributed by atoms with van der Waals surface area (Å²) in [5.74, 6) is -1.08. The van der Waals surface area contributed by atoms with Gasteiger partial charge in [0.05, 0.1) is 22.7 Å². The van der Waals surface area contributed by atoms with Crippen LogP contribution in [0.5, 0.6) is 0 Å². The van der Waals surface area contributed by atoms with E-state index in [1.165, 1.54) is 18.2 Å². The van der Waals surface area contributed by atoms with E-state index in [0.29, 0.717) is 18.8 Å². The molecular formula is C21H19F2N5O2. The van der Waals surface area contributed by atoms with E-state index >= 15 is 0 Å². The molecule has 0 amide bonds. The molecule has 0 unspecified atom stereocenters. The van der Waals surface area contributed by atoms with Crippen LogP contribution in [0.4, 0.5) is 14.5 Å². The van der Waals surface area contributed by atoms with Gasteiger partial charge in [0.2, 0.25) is 0 Å². The molecule has 2 heterocycles. The molecule has 1 aliphatic heterocycles. The Bertz CT molecular complexity index is 1150. The molecule has 3 aromatic rings. The second kappa shape index (κ2) is 7.75. The van der Waals surface area contributed by atoms with E-state index in [1.54, 1.807) is 16.8 Å². The lowest BCUT2D eigenvalue weighted by Crippen LogP contribution is -2.18. The maximum Gasteiger partial charge on any atom is 0.293 e. The second-order valence-electron chi connectivity index (χ2n) is 7.25. The molecule has 1 aromatic heterocycles. The van der Waals surface area contributed by atoms with Crippen molar-refractivity contribution in [3.05, 3.63) is 87.0 Å². The van der Waals surface area contributed by atoms with E-state index in [9.17, 15) is 18.9 Å². The van der Waals surface area contributed by atoms with E-state index in [4.69, 9.17) is 0 Å². The van der Waals surface area contributed by atoms with Crippen molar-refractivity contribution < 1.29 is 13.7 Å². The average Bonchev–Trinajstić information content (AvgIpc) is 3.03. The van der Waals surface area contributed by atoms with Gasteiger partial charge in [-0.15, -0.1) is 0 Å². The number of hydrogen-bond donors (Lipinski definition) is 0. The van der Waals surface area contributed by atoms with E-state index in [1.807, 2.05) is 19.0 Å². The molecule has 154 valence electrons. The van der Waals surface area contributed by atoms with Crippen LogP contribution in [0.1, 0.15) is 22.6 Å². The van der Waals surface area contributed by atoms with Gasteiger partial charge in [0.15, 0.2) is 0 Å². The van der Waals surface area contributed by atoms with Crippen molar-refractivity contribution in [2.75, 3.05) is 20.6 Å². The normalized spacial score (nSPS) is 12.9. The Morgan fingerprint density at radius 3 is 2.53 bits per heavy atom. The fraction of sp³-hybridized carbons (Fsp3) is 0.238. The van der Waals surface area contributed by atoms with Gasteiger partial charge in [-0.1, -0.05) is 18.2 Å². The van der Waals surface area contributed by atoms with Gasteiger partial charge in [-0.05, 0) is 26.2 Å². The van der Waals surface area contributed by atoms with Crippen LogP contribution in [0.2, 0.25) is 0 Å². The minimum absolute atomic E-state index is 0.0355. The number of fused-ring (bicyclic) bond motifs is 3. The Hall–Kier alpha value is -3.46. The molecule has 4 rings (SSSR count). The number of nitrogens with zero attached hydrogens (tertiary/aromatic N) is 5. The zero-order valence-corrected chi connectivity index (χ0v) is 16.5. The third-order valence-corrected chi connectivity index (χ3v) is 4.99. The Labute approximate surface area is 171 Å². The van der Waals surface area contributed by atoms with Crippen LogP contribution >= 0.6 is 0 Å². The predicted molar refractivity (Wildman–Crippen MR) is 108 cm³/mol. The summed E-state index contributed by atoms with van der Waals surface area (Å²) < 4.78 is 30.9. The highest BCUT2D eigenvalue weighted by Gasteiger charge is 2.30. The molecule has 0 radical (unpaired) electrons. The molecule has 0 atom stereocenters. The van der Waals surface area contributed by atoms with Gasteiger partial charge in [0, 0.05) is 36.5 Å². The standard InChI is InChI=1S/C21H19F2N5O2/c1-26(2)10-9-13-11-24-18-12-25-20(19-15(22)6-4-7-16(19)23)14-5-3-8-17(28(29)30)21(14)27(13)18/h3-8,11H,9-10,12H2,1-2H3. The van der Waals surface area contributed by atoms with Crippen LogP contribution in [0.25, 0.3) is 5.69 Å². The second-order valence-corrected chi connectivity index (χ2v) is 7.25. The van der Waals surface area contributed by atoms with Crippen molar-refractivity contribution in [2.24, 2.45) is 4.99 Å². The minimum Gasteiger partial charge on any atom is -0.309 e. The number of benzene rings is 2. The highest BCUT2D eigenvalue weighted by atomic mass is 19.1. The topological polar surface area (TPSA) is 76.6 Å². The fourth-order valence-electron chi connectivity index (χ4n) is 3.61. The van der Waals surface area contributed by atoms with Crippen molar-refractivity contribution in [2.45, 2.75) is 13.0 Å². The van der Waals surface area contributed by atoms with Gasteiger partial charge in [-0.25, -0.2) is 13.8 Å². The lowest BCUT2D eigenvalue weighted by molar-refractivity contribution is -0.384. The number of para-hydroxylation sites is 1. The van der Waals surface area contributed by atoms with Crippen LogP contribution < -0.4 is 0 Å². The van der Waals surface area contributed by atoms with E-state index in [0.717, 1.165) is 17.8 Å². The molecule has 2 aromatic carbocycles. The van der Waals surface area contributed by atoms with Gasteiger partial charge in [0.1, 0.15) is 23.1 Å². The summed E-state index contributed by atoms with van der Waals surface area (Å²) in [6.45, 7) is 0.744. The zero-order chi connectivity index (χ0) is 21.4. The first-order chi connectivity index (χ1) is 14.4. The zero-order valence-electron chi connectivity index (χ0n) is 16.5. The Balaban J connectivity index is 2.00. The van der Waals surface area contributed by atoms with E-state index in [-0.39, 0.29) is 34.8 Å². The molecular weight excluding hydrogens is 392 g/mol. The van der Waals surface area contributed by atoms with Crippen LogP contribution in [0.15, 0.2) is 47.6 Å². The Kier molecular flexibility index (Phi) is 5.13. The smallest absolute Gasteiger partial charge is 0.293 e. The van der Waals surface area contributed by atoms with Gasteiger partial charge in [-0.2, -0.15) is 0 Å². The first-order valence-corrected chi connectivity index (χ1v) is 9.35. The summed E-state index contributed by atoms with van der Waals surface area (Å²) in [6, 6.07) is 8.02. The monoisotopic (exact) mass is 411 g/mol. The summed E-state index contributed by atoms with van der Waals surface area (Å²) in [7, 11) is 3.86. The van der Waals surface area contributed by atoms with Crippen LogP contribution in [0.3, 0.4) is 0 Å². The summed E-state index contributed by atoms with van der Waals surface area (Å²) in [4.78, 5) is 22.2. The minimum atomic E-state index is -0.779. The molecule has 0 N–H and O–H groups in total. The number of hydrogen-bond acceptors (Lipinski definition) is 5. The van der Waals surface area contributed by atoms with Crippen molar-refractivity contribution >= 4 is 11.4 Å². The SMILES string of the molecule is CN(C)CCc1cnc2n1-c1c(cccc1[N+](=O)[O-])C(c1c(F)cccc1F)=NC2. The number of nitro groups is 1. The number of halogens is 2. The molecule has 0 bridgehead atoms. The van der Waals surface area contributed by atoms with Gasteiger partial charge in [-0.3, -0.25) is 19.7 Å². The van der Waals surface area contributed by atoms with Crippen LogP contribution in [0, 0.1) is 21.7 Å². The van der Waals surface area contributed by atoms with Gasteiger partial charge < -0.3 is 4.90 Å². The summed E-state index contributed by atoms with van der Waals surface area (Å²) in [6.07, 6.45) is 2.26. The lowest BCUT2D eigenvalue weighted by Gasteiger charge is -2.16. The number of likely N-dealkylation sites (N-methyl/N-ethyl adjacent to an activating group) is 1. The van der Waals surface area contributed by atoms with Gasteiger partial charge in [0.25, 0.3) is 5.69 Å². The molecule has 7 nitrogen and oxygen atoms in total.